The van der Waals surface area contributed by atoms with Crippen molar-refractivity contribution in [2.75, 3.05) is 13.3 Å². The van der Waals surface area contributed by atoms with Gasteiger partial charge in [-0.25, -0.2) is 0 Å². The summed E-state index contributed by atoms with van der Waals surface area (Å²) in [6, 6.07) is 15.8. The van der Waals surface area contributed by atoms with E-state index in [2.05, 4.69) is 5.32 Å². The molecule has 1 aliphatic rings. The van der Waals surface area contributed by atoms with E-state index in [1.54, 1.807) is 42.5 Å². The van der Waals surface area contributed by atoms with E-state index in [9.17, 15) is 24.9 Å². The average Bonchev–Trinajstić information content (AvgIpc) is 3.33. The monoisotopic (exact) mass is 489 g/mol. The standard InChI is InChI=1S/C27H23NO8/c29-16-5-3-4-15(8-16)22(31)12-28-26(32)10-18(19-9-24-25(11-21(19)30)36-14-35-24)20-13-34-23-7-2-1-6-17(23)27(20)33/h1-9,11,13,18,22,29-31H,10,12,14H2,(H,28,32)/t18-,22-/m0/s1. The zero-order valence-electron chi connectivity index (χ0n) is 19.0. The molecular formula is C27H23NO8. The summed E-state index contributed by atoms with van der Waals surface area (Å²) in [6.07, 6.45) is 0.0290. The van der Waals surface area contributed by atoms with E-state index in [-0.39, 0.29) is 42.2 Å². The molecule has 0 aliphatic carbocycles. The Balaban J connectivity index is 1.46. The number of phenols is 2. The van der Waals surface area contributed by atoms with Gasteiger partial charge in [0.25, 0.3) is 0 Å². The second-order valence-corrected chi connectivity index (χ2v) is 8.45. The van der Waals surface area contributed by atoms with Crippen LogP contribution < -0.4 is 20.2 Å². The molecule has 1 amide bonds. The van der Waals surface area contributed by atoms with Gasteiger partial charge in [0.2, 0.25) is 12.7 Å². The van der Waals surface area contributed by atoms with E-state index in [0.29, 0.717) is 33.6 Å². The summed E-state index contributed by atoms with van der Waals surface area (Å²) in [5.41, 5.74) is 0.998. The van der Waals surface area contributed by atoms with Crippen molar-refractivity contribution in [3.05, 3.63) is 93.8 Å². The Labute approximate surface area is 205 Å². The first-order valence-electron chi connectivity index (χ1n) is 11.3. The minimum Gasteiger partial charge on any atom is -0.508 e. The van der Waals surface area contributed by atoms with E-state index in [4.69, 9.17) is 13.9 Å². The number of carbonyl (C=O) groups excluding carboxylic acids is 1. The molecule has 4 aromatic rings. The molecular weight excluding hydrogens is 466 g/mol. The van der Waals surface area contributed by atoms with Crippen molar-refractivity contribution in [2.24, 2.45) is 0 Å². The summed E-state index contributed by atoms with van der Waals surface area (Å²) >= 11 is 0. The molecule has 2 atom stereocenters. The second kappa shape index (κ2) is 9.63. The van der Waals surface area contributed by atoms with Crippen LogP contribution in [0.1, 0.15) is 35.1 Å². The number of hydrogen-bond donors (Lipinski definition) is 4. The minimum absolute atomic E-state index is 0.000691. The van der Waals surface area contributed by atoms with Gasteiger partial charge in [-0.15, -0.1) is 0 Å². The first-order chi connectivity index (χ1) is 17.4. The Morgan fingerprint density at radius 1 is 0.972 bits per heavy atom. The number of aliphatic hydroxyl groups is 1. The summed E-state index contributed by atoms with van der Waals surface area (Å²) < 4.78 is 16.4. The number of nitrogens with one attached hydrogen (secondary N) is 1. The number of fused-ring (bicyclic) bond motifs is 2. The van der Waals surface area contributed by atoms with Crippen LogP contribution in [0, 0.1) is 0 Å². The fraction of sp³-hybridized carbons (Fsp3) is 0.185. The van der Waals surface area contributed by atoms with Crippen LogP contribution in [0.2, 0.25) is 0 Å². The molecule has 4 N–H and O–H groups in total. The van der Waals surface area contributed by atoms with E-state index in [1.807, 2.05) is 0 Å². The number of hydrogen-bond acceptors (Lipinski definition) is 8. The number of amides is 1. The van der Waals surface area contributed by atoms with Crippen molar-refractivity contribution in [1.29, 1.82) is 0 Å². The van der Waals surface area contributed by atoms with Crippen molar-refractivity contribution in [3.8, 4) is 23.0 Å². The fourth-order valence-corrected chi connectivity index (χ4v) is 4.26. The summed E-state index contributed by atoms with van der Waals surface area (Å²) in [5, 5.41) is 33.8. The number of aliphatic hydroxyl groups excluding tert-OH is 1. The Morgan fingerprint density at radius 3 is 2.56 bits per heavy atom. The van der Waals surface area contributed by atoms with Crippen LogP contribution in [-0.2, 0) is 4.79 Å². The van der Waals surface area contributed by atoms with E-state index < -0.39 is 17.9 Å². The maximum absolute atomic E-state index is 13.4. The number of aromatic hydroxyl groups is 2. The van der Waals surface area contributed by atoms with Crippen LogP contribution >= 0.6 is 0 Å². The SMILES string of the molecule is O=C(C[C@@H](c1cc2c(cc1O)OCO2)c1coc2ccccc2c1=O)NC[C@H](O)c1cccc(O)c1. The summed E-state index contributed by atoms with van der Waals surface area (Å²) in [6.45, 7) is -0.122. The first kappa shape index (κ1) is 23.3. The third-order valence-electron chi connectivity index (χ3n) is 6.12. The van der Waals surface area contributed by atoms with E-state index in [0.717, 1.165) is 0 Å². The summed E-state index contributed by atoms with van der Waals surface area (Å²) in [4.78, 5) is 26.3. The predicted molar refractivity (Wildman–Crippen MR) is 129 cm³/mol. The summed E-state index contributed by atoms with van der Waals surface area (Å²) in [7, 11) is 0. The molecule has 2 heterocycles. The average molecular weight is 489 g/mol. The smallest absolute Gasteiger partial charge is 0.231 e. The lowest BCUT2D eigenvalue weighted by atomic mass is 9.87. The molecule has 0 saturated carbocycles. The molecule has 0 radical (unpaired) electrons. The zero-order chi connectivity index (χ0) is 25.2. The molecule has 3 aromatic carbocycles. The molecule has 9 heteroatoms. The minimum atomic E-state index is -1.05. The third-order valence-corrected chi connectivity index (χ3v) is 6.12. The highest BCUT2D eigenvalue weighted by molar-refractivity contribution is 5.80. The predicted octanol–water partition coefficient (Wildman–Crippen LogP) is 3.30. The largest absolute Gasteiger partial charge is 0.508 e. The number of phenolic OH excluding ortho intramolecular Hbond substituents is 2. The van der Waals surface area contributed by atoms with Gasteiger partial charge in [-0.3, -0.25) is 9.59 Å². The normalized spacial score (nSPS) is 13.9. The van der Waals surface area contributed by atoms with Crippen LogP contribution in [0.4, 0.5) is 0 Å². The Hall–Kier alpha value is -4.50. The number of rotatable bonds is 7. The number of para-hydroxylation sites is 1. The topological polar surface area (TPSA) is 138 Å². The van der Waals surface area contributed by atoms with Crippen LogP contribution in [0.15, 0.2) is 76.1 Å². The van der Waals surface area contributed by atoms with Gasteiger partial charge in [0.15, 0.2) is 16.9 Å². The molecule has 1 aromatic heterocycles. The highest BCUT2D eigenvalue weighted by Crippen LogP contribution is 2.42. The van der Waals surface area contributed by atoms with Crippen molar-refractivity contribution >= 4 is 16.9 Å². The van der Waals surface area contributed by atoms with Crippen molar-refractivity contribution in [1.82, 2.24) is 5.32 Å². The molecule has 9 nitrogen and oxygen atoms in total. The van der Waals surface area contributed by atoms with Crippen LogP contribution in [0.3, 0.4) is 0 Å². The van der Waals surface area contributed by atoms with E-state index in [1.165, 1.54) is 24.5 Å². The molecule has 5 rings (SSSR count). The molecule has 184 valence electrons. The highest BCUT2D eigenvalue weighted by Gasteiger charge is 2.28. The van der Waals surface area contributed by atoms with Crippen LogP contribution in [0.5, 0.6) is 23.0 Å². The van der Waals surface area contributed by atoms with Gasteiger partial charge in [-0.2, -0.15) is 0 Å². The summed E-state index contributed by atoms with van der Waals surface area (Å²) in [5.74, 6) is -0.761. The number of ether oxygens (including phenoxy) is 2. The van der Waals surface area contributed by atoms with E-state index >= 15 is 0 Å². The Bertz CT molecular complexity index is 1500. The van der Waals surface area contributed by atoms with Gasteiger partial charge in [0.05, 0.1) is 17.8 Å². The lowest BCUT2D eigenvalue weighted by Crippen LogP contribution is -2.30. The molecule has 0 unspecified atom stereocenters. The van der Waals surface area contributed by atoms with Gasteiger partial charge in [0, 0.05) is 36.1 Å². The first-order valence-corrected chi connectivity index (χ1v) is 11.3. The molecule has 0 fully saturated rings. The number of carbonyl (C=O) groups is 1. The molecule has 0 saturated heterocycles. The fourth-order valence-electron chi connectivity index (χ4n) is 4.26. The van der Waals surface area contributed by atoms with Crippen LogP contribution in [-0.4, -0.2) is 34.6 Å². The molecule has 36 heavy (non-hydrogen) atoms. The van der Waals surface area contributed by atoms with Gasteiger partial charge >= 0.3 is 0 Å². The van der Waals surface area contributed by atoms with Gasteiger partial charge in [-0.1, -0.05) is 24.3 Å². The highest BCUT2D eigenvalue weighted by atomic mass is 16.7. The lowest BCUT2D eigenvalue weighted by molar-refractivity contribution is -0.121. The molecule has 0 spiro atoms. The third kappa shape index (κ3) is 4.56. The van der Waals surface area contributed by atoms with Gasteiger partial charge in [-0.05, 0) is 35.9 Å². The van der Waals surface area contributed by atoms with Crippen LogP contribution in [0.25, 0.3) is 11.0 Å². The quantitative estimate of drug-likeness (QED) is 0.310. The van der Waals surface area contributed by atoms with Crippen molar-refractivity contribution in [2.45, 2.75) is 18.4 Å². The van der Waals surface area contributed by atoms with Gasteiger partial charge < -0.3 is 34.5 Å². The molecule has 1 aliphatic heterocycles. The zero-order valence-corrected chi connectivity index (χ0v) is 19.0. The van der Waals surface area contributed by atoms with Gasteiger partial charge in [0.1, 0.15) is 17.1 Å². The lowest BCUT2D eigenvalue weighted by Gasteiger charge is -2.19. The Morgan fingerprint density at radius 2 is 1.75 bits per heavy atom. The number of benzene rings is 3. The molecule has 0 bridgehead atoms. The Kier molecular flexibility index (Phi) is 6.22. The maximum atomic E-state index is 13.4. The maximum Gasteiger partial charge on any atom is 0.231 e. The van der Waals surface area contributed by atoms with Crippen molar-refractivity contribution in [3.63, 3.8) is 0 Å². The second-order valence-electron chi connectivity index (χ2n) is 8.45. The van der Waals surface area contributed by atoms with Crippen molar-refractivity contribution < 1.29 is 34.0 Å².